The van der Waals surface area contributed by atoms with Crippen molar-refractivity contribution in [2.75, 3.05) is 12.3 Å². The maximum Gasteiger partial charge on any atom is 0.334 e. The number of carbonyl (C=O) groups excluding carboxylic acids is 1. The van der Waals surface area contributed by atoms with E-state index in [0.29, 0.717) is 0 Å². The van der Waals surface area contributed by atoms with Crippen LogP contribution in [0.1, 0.15) is 6.92 Å². The minimum absolute atomic E-state index is 0.0336. The fourth-order valence-corrected chi connectivity index (χ4v) is 2.98. The summed E-state index contributed by atoms with van der Waals surface area (Å²) in [7, 11) is -3.35. The SMILES string of the molecule is CCS(=O)(=O)[C@@H]1OC(=O)[C@H]2N=NC[C@H]21. The highest BCUT2D eigenvalue weighted by Gasteiger charge is 2.52. The van der Waals surface area contributed by atoms with Gasteiger partial charge in [-0.2, -0.15) is 10.2 Å². The van der Waals surface area contributed by atoms with Crippen molar-refractivity contribution in [1.82, 2.24) is 0 Å². The first-order chi connectivity index (χ1) is 6.56. The van der Waals surface area contributed by atoms with Crippen LogP contribution in [0.25, 0.3) is 0 Å². The summed E-state index contributed by atoms with van der Waals surface area (Å²) < 4.78 is 27.9. The van der Waals surface area contributed by atoms with Crippen molar-refractivity contribution in [1.29, 1.82) is 0 Å². The highest BCUT2D eigenvalue weighted by atomic mass is 32.2. The molecule has 0 radical (unpaired) electrons. The van der Waals surface area contributed by atoms with E-state index in [1.54, 1.807) is 0 Å². The largest absolute Gasteiger partial charge is 0.444 e. The first-order valence-electron chi connectivity index (χ1n) is 4.35. The van der Waals surface area contributed by atoms with Gasteiger partial charge in [-0.05, 0) is 0 Å². The van der Waals surface area contributed by atoms with E-state index in [1.807, 2.05) is 0 Å². The Bertz CT molecular complexity index is 388. The molecule has 0 aliphatic carbocycles. The molecule has 78 valence electrons. The molecule has 0 unspecified atom stereocenters. The van der Waals surface area contributed by atoms with E-state index in [-0.39, 0.29) is 12.3 Å². The molecule has 1 saturated heterocycles. The van der Waals surface area contributed by atoms with Crippen LogP contribution in [-0.4, -0.2) is 38.2 Å². The summed E-state index contributed by atoms with van der Waals surface area (Å²) in [5, 5.41) is 7.34. The minimum Gasteiger partial charge on any atom is -0.444 e. The van der Waals surface area contributed by atoms with Crippen molar-refractivity contribution in [3.8, 4) is 0 Å². The van der Waals surface area contributed by atoms with E-state index in [2.05, 4.69) is 10.2 Å². The lowest BCUT2D eigenvalue weighted by Crippen LogP contribution is -2.31. The molecule has 2 rings (SSSR count). The Morgan fingerprint density at radius 1 is 1.57 bits per heavy atom. The average molecular weight is 218 g/mol. The lowest BCUT2D eigenvalue weighted by atomic mass is 10.1. The van der Waals surface area contributed by atoms with Gasteiger partial charge in [-0.3, -0.25) is 0 Å². The van der Waals surface area contributed by atoms with Crippen molar-refractivity contribution in [3.63, 3.8) is 0 Å². The molecule has 0 aromatic heterocycles. The second kappa shape index (κ2) is 3.01. The van der Waals surface area contributed by atoms with Crippen LogP contribution in [0.2, 0.25) is 0 Å². The van der Waals surface area contributed by atoms with Crippen LogP contribution < -0.4 is 0 Å². The second-order valence-corrected chi connectivity index (χ2v) is 5.67. The molecule has 0 aromatic rings. The number of hydrogen-bond acceptors (Lipinski definition) is 6. The predicted molar refractivity (Wildman–Crippen MR) is 46.3 cm³/mol. The van der Waals surface area contributed by atoms with Gasteiger partial charge in [0, 0.05) is 0 Å². The van der Waals surface area contributed by atoms with Crippen molar-refractivity contribution in [2.45, 2.75) is 18.4 Å². The third-order valence-electron chi connectivity index (χ3n) is 2.48. The van der Waals surface area contributed by atoms with Gasteiger partial charge in [0.05, 0.1) is 18.2 Å². The molecule has 0 amide bonds. The first-order valence-corrected chi connectivity index (χ1v) is 6.06. The standard InChI is InChI=1S/C7H10N2O4S/c1-2-14(11,12)7-4-3-8-9-5(4)6(10)13-7/h4-5,7H,2-3H2,1H3/t4-,5+,7+/m1/s1. The number of carbonyl (C=O) groups is 1. The van der Waals surface area contributed by atoms with Gasteiger partial charge in [-0.15, -0.1) is 0 Å². The monoisotopic (exact) mass is 218 g/mol. The Kier molecular flexibility index (Phi) is 2.06. The number of cyclic esters (lactones) is 1. The maximum absolute atomic E-state index is 11.5. The molecule has 14 heavy (non-hydrogen) atoms. The van der Waals surface area contributed by atoms with Crippen molar-refractivity contribution in [2.24, 2.45) is 16.1 Å². The van der Waals surface area contributed by atoms with Crippen LogP contribution in [0, 0.1) is 5.92 Å². The summed E-state index contributed by atoms with van der Waals surface area (Å²) in [5.74, 6) is -1.01. The van der Waals surface area contributed by atoms with Crippen LogP contribution in [0.5, 0.6) is 0 Å². The molecule has 0 saturated carbocycles. The quantitative estimate of drug-likeness (QED) is 0.598. The Balaban J connectivity index is 2.29. The van der Waals surface area contributed by atoms with Gasteiger partial charge < -0.3 is 4.74 Å². The molecule has 0 N–H and O–H groups in total. The van der Waals surface area contributed by atoms with Crippen molar-refractivity contribution >= 4 is 15.8 Å². The Hall–Kier alpha value is -0.980. The fourth-order valence-electron chi connectivity index (χ4n) is 1.65. The topological polar surface area (TPSA) is 85.2 Å². The predicted octanol–water partition coefficient (Wildman–Crippen LogP) is -0.245. The van der Waals surface area contributed by atoms with E-state index in [1.165, 1.54) is 6.92 Å². The van der Waals surface area contributed by atoms with Crippen molar-refractivity contribution < 1.29 is 17.9 Å². The van der Waals surface area contributed by atoms with Crippen molar-refractivity contribution in [3.05, 3.63) is 0 Å². The number of hydrogen-bond donors (Lipinski definition) is 0. The summed E-state index contributed by atoms with van der Waals surface area (Å²) >= 11 is 0. The third kappa shape index (κ3) is 1.23. The number of sulfone groups is 1. The van der Waals surface area contributed by atoms with Gasteiger partial charge in [0.2, 0.25) is 5.44 Å². The molecule has 6 nitrogen and oxygen atoms in total. The summed E-state index contributed by atoms with van der Waals surface area (Å²) in [6, 6.07) is -0.693. The number of nitrogens with zero attached hydrogens (tertiary/aromatic N) is 2. The molecular formula is C7H10N2O4S. The zero-order valence-electron chi connectivity index (χ0n) is 7.58. The lowest BCUT2D eigenvalue weighted by molar-refractivity contribution is -0.140. The van der Waals surface area contributed by atoms with Gasteiger partial charge in [0.15, 0.2) is 15.9 Å². The smallest absolute Gasteiger partial charge is 0.334 e. The van der Waals surface area contributed by atoms with Gasteiger partial charge in [0.1, 0.15) is 0 Å². The number of fused-ring (bicyclic) bond motifs is 1. The summed E-state index contributed by atoms with van der Waals surface area (Å²) in [6.07, 6.45) is 0. The van der Waals surface area contributed by atoms with Gasteiger partial charge in [0.25, 0.3) is 0 Å². The minimum atomic E-state index is -3.35. The second-order valence-electron chi connectivity index (χ2n) is 3.30. The normalized spacial score (nSPS) is 35.8. The van der Waals surface area contributed by atoms with E-state index in [4.69, 9.17) is 4.74 Å². The number of rotatable bonds is 2. The highest BCUT2D eigenvalue weighted by molar-refractivity contribution is 7.91. The molecule has 7 heteroatoms. The molecule has 2 aliphatic rings. The molecule has 2 aliphatic heterocycles. The lowest BCUT2D eigenvalue weighted by Gasteiger charge is -2.13. The molecule has 2 heterocycles. The van der Waals surface area contributed by atoms with Gasteiger partial charge in [-0.1, -0.05) is 6.92 Å². The number of azo groups is 1. The Morgan fingerprint density at radius 2 is 2.29 bits per heavy atom. The van der Waals surface area contributed by atoms with Crippen LogP contribution in [0.15, 0.2) is 10.2 Å². The summed E-state index contributed by atoms with van der Waals surface area (Å²) in [6.45, 7) is 1.79. The van der Waals surface area contributed by atoms with E-state index < -0.39 is 33.2 Å². The number of ether oxygens (including phenoxy) is 1. The van der Waals surface area contributed by atoms with E-state index in [9.17, 15) is 13.2 Å². The zero-order chi connectivity index (χ0) is 10.3. The van der Waals surface area contributed by atoms with Gasteiger partial charge >= 0.3 is 5.97 Å². The van der Waals surface area contributed by atoms with Gasteiger partial charge in [-0.25, -0.2) is 13.2 Å². The maximum atomic E-state index is 11.5. The van der Waals surface area contributed by atoms with E-state index in [0.717, 1.165) is 0 Å². The zero-order valence-corrected chi connectivity index (χ0v) is 8.40. The molecular weight excluding hydrogens is 208 g/mol. The van der Waals surface area contributed by atoms with Crippen LogP contribution in [-0.2, 0) is 19.4 Å². The third-order valence-corrected chi connectivity index (χ3v) is 4.44. The summed E-state index contributed by atoms with van der Waals surface area (Å²) in [4.78, 5) is 11.2. The Morgan fingerprint density at radius 3 is 2.93 bits per heavy atom. The summed E-state index contributed by atoms with van der Waals surface area (Å²) in [5.41, 5.74) is -1.04. The highest BCUT2D eigenvalue weighted by Crippen LogP contribution is 2.33. The van der Waals surface area contributed by atoms with E-state index >= 15 is 0 Å². The Labute approximate surface area is 81.3 Å². The first kappa shape index (κ1) is 9.57. The molecule has 1 fully saturated rings. The molecule has 0 spiro atoms. The van der Waals surface area contributed by atoms with Crippen LogP contribution in [0.4, 0.5) is 0 Å². The van der Waals surface area contributed by atoms with Crippen LogP contribution >= 0.6 is 0 Å². The molecule has 0 bridgehead atoms. The average Bonchev–Trinajstić information content (AvgIpc) is 2.70. The number of esters is 1. The fraction of sp³-hybridized carbons (Fsp3) is 0.857. The molecule has 3 atom stereocenters. The molecule has 0 aromatic carbocycles. The van der Waals surface area contributed by atoms with Crippen LogP contribution in [0.3, 0.4) is 0 Å².